The summed E-state index contributed by atoms with van der Waals surface area (Å²) in [6, 6.07) is 0.0527. The van der Waals surface area contributed by atoms with Crippen LogP contribution in [0, 0.1) is 0 Å². The number of hydrogen-bond acceptors (Lipinski definition) is 3. The Balaban J connectivity index is 2.54. The van der Waals surface area contributed by atoms with Crippen LogP contribution in [0.15, 0.2) is 0 Å². The lowest BCUT2D eigenvalue weighted by Gasteiger charge is -2.27. The van der Waals surface area contributed by atoms with E-state index in [0.717, 1.165) is 19.4 Å². The van der Waals surface area contributed by atoms with Crippen molar-refractivity contribution in [3.8, 4) is 0 Å². The molecule has 2 atom stereocenters. The number of likely N-dealkylation sites (N-methyl/N-ethyl adjacent to an activating group) is 1. The number of rotatable bonds is 3. The summed E-state index contributed by atoms with van der Waals surface area (Å²) >= 11 is 0. The van der Waals surface area contributed by atoms with Crippen LogP contribution >= 0.6 is 0 Å². The van der Waals surface area contributed by atoms with Gasteiger partial charge < -0.3 is 10.4 Å². The molecule has 1 aliphatic heterocycles. The van der Waals surface area contributed by atoms with Gasteiger partial charge in [0.05, 0.1) is 12.6 Å². The smallest absolute Gasteiger partial charge is 0.236 e. The van der Waals surface area contributed by atoms with Crippen LogP contribution in [0.25, 0.3) is 0 Å². The molecular weight excluding hydrogens is 168 g/mol. The second-order valence-electron chi connectivity index (χ2n) is 3.51. The van der Waals surface area contributed by atoms with Crippen molar-refractivity contribution in [2.24, 2.45) is 0 Å². The fourth-order valence-corrected chi connectivity index (χ4v) is 1.92. The molecule has 0 aromatic carbocycles. The van der Waals surface area contributed by atoms with Crippen LogP contribution in [-0.4, -0.2) is 48.2 Å². The van der Waals surface area contributed by atoms with Crippen molar-refractivity contribution in [3.05, 3.63) is 0 Å². The van der Waals surface area contributed by atoms with Crippen LogP contribution in [0.5, 0.6) is 0 Å². The maximum absolute atomic E-state index is 11.3. The van der Waals surface area contributed by atoms with Crippen molar-refractivity contribution in [2.75, 3.05) is 20.2 Å². The zero-order valence-electron chi connectivity index (χ0n) is 8.29. The molecule has 0 spiro atoms. The first-order valence-electron chi connectivity index (χ1n) is 4.79. The van der Waals surface area contributed by atoms with Crippen LogP contribution in [0.3, 0.4) is 0 Å². The van der Waals surface area contributed by atoms with Gasteiger partial charge in [-0.15, -0.1) is 0 Å². The molecule has 1 rings (SSSR count). The van der Waals surface area contributed by atoms with E-state index in [4.69, 9.17) is 5.11 Å². The Morgan fingerprint density at radius 2 is 2.46 bits per heavy atom. The zero-order chi connectivity index (χ0) is 9.84. The molecule has 76 valence electrons. The SMILES string of the molecule is CNC(=O)C(C)N1CCCC1CO. The van der Waals surface area contributed by atoms with Crippen LogP contribution in [-0.2, 0) is 4.79 Å². The number of carbonyl (C=O) groups is 1. The molecule has 1 amide bonds. The molecule has 2 N–H and O–H groups in total. The van der Waals surface area contributed by atoms with Gasteiger partial charge in [0.15, 0.2) is 0 Å². The van der Waals surface area contributed by atoms with Gasteiger partial charge in [-0.25, -0.2) is 0 Å². The van der Waals surface area contributed by atoms with Gasteiger partial charge in [-0.1, -0.05) is 0 Å². The molecule has 0 bridgehead atoms. The molecule has 1 heterocycles. The molecule has 0 aromatic heterocycles. The van der Waals surface area contributed by atoms with Crippen LogP contribution in [0.4, 0.5) is 0 Å². The highest BCUT2D eigenvalue weighted by molar-refractivity contribution is 5.81. The fraction of sp³-hybridized carbons (Fsp3) is 0.889. The van der Waals surface area contributed by atoms with Gasteiger partial charge in [-0.3, -0.25) is 9.69 Å². The summed E-state index contributed by atoms with van der Waals surface area (Å²) in [6.07, 6.45) is 2.07. The first-order chi connectivity index (χ1) is 6.20. The Bertz CT molecular complexity index is 184. The minimum Gasteiger partial charge on any atom is -0.395 e. The monoisotopic (exact) mass is 186 g/mol. The highest BCUT2D eigenvalue weighted by Gasteiger charge is 2.30. The van der Waals surface area contributed by atoms with Gasteiger partial charge in [0, 0.05) is 13.1 Å². The lowest BCUT2D eigenvalue weighted by atomic mass is 10.2. The fourth-order valence-electron chi connectivity index (χ4n) is 1.92. The summed E-state index contributed by atoms with van der Waals surface area (Å²) in [5.41, 5.74) is 0. The summed E-state index contributed by atoms with van der Waals surface area (Å²) in [5.74, 6) is 0.0281. The predicted octanol–water partition coefficient (Wildman–Crippen LogP) is -0.422. The van der Waals surface area contributed by atoms with E-state index < -0.39 is 0 Å². The maximum Gasteiger partial charge on any atom is 0.236 e. The molecule has 0 radical (unpaired) electrons. The summed E-state index contributed by atoms with van der Waals surface area (Å²) in [6.45, 7) is 2.95. The van der Waals surface area contributed by atoms with Crippen molar-refractivity contribution >= 4 is 5.91 Å². The molecule has 4 nitrogen and oxygen atoms in total. The second-order valence-corrected chi connectivity index (χ2v) is 3.51. The number of hydrogen-bond donors (Lipinski definition) is 2. The predicted molar refractivity (Wildman–Crippen MR) is 50.3 cm³/mol. The van der Waals surface area contributed by atoms with Gasteiger partial charge in [0.1, 0.15) is 0 Å². The number of nitrogens with zero attached hydrogens (tertiary/aromatic N) is 1. The second kappa shape index (κ2) is 4.58. The normalized spacial score (nSPS) is 25.9. The molecule has 0 saturated carbocycles. The van der Waals surface area contributed by atoms with Crippen molar-refractivity contribution in [1.82, 2.24) is 10.2 Å². The minimum atomic E-state index is -0.121. The first kappa shape index (κ1) is 10.5. The lowest BCUT2D eigenvalue weighted by molar-refractivity contribution is -0.125. The number of aliphatic hydroxyl groups is 1. The number of nitrogens with one attached hydrogen (secondary N) is 1. The largest absolute Gasteiger partial charge is 0.395 e. The van der Waals surface area contributed by atoms with E-state index in [0.29, 0.717) is 0 Å². The van der Waals surface area contributed by atoms with Crippen LogP contribution in [0.2, 0.25) is 0 Å². The van der Waals surface area contributed by atoms with E-state index >= 15 is 0 Å². The molecule has 0 aliphatic carbocycles. The van der Waals surface area contributed by atoms with E-state index in [2.05, 4.69) is 10.2 Å². The lowest BCUT2D eigenvalue weighted by Crippen LogP contribution is -2.47. The minimum absolute atomic E-state index is 0.0281. The van der Waals surface area contributed by atoms with E-state index in [1.807, 2.05) is 6.92 Å². The van der Waals surface area contributed by atoms with Crippen molar-refractivity contribution in [1.29, 1.82) is 0 Å². The maximum atomic E-state index is 11.3. The molecular formula is C9H18N2O2. The summed E-state index contributed by atoms with van der Waals surface area (Å²) in [5, 5.41) is 11.7. The topological polar surface area (TPSA) is 52.6 Å². The quantitative estimate of drug-likeness (QED) is 0.629. The molecule has 13 heavy (non-hydrogen) atoms. The average molecular weight is 186 g/mol. The van der Waals surface area contributed by atoms with Crippen LogP contribution in [0.1, 0.15) is 19.8 Å². The van der Waals surface area contributed by atoms with Crippen molar-refractivity contribution in [3.63, 3.8) is 0 Å². The van der Waals surface area contributed by atoms with E-state index in [1.165, 1.54) is 0 Å². The Hall–Kier alpha value is -0.610. The summed E-state index contributed by atoms with van der Waals surface area (Å²) in [7, 11) is 1.64. The van der Waals surface area contributed by atoms with Gasteiger partial charge >= 0.3 is 0 Å². The number of carbonyl (C=O) groups excluding carboxylic acids is 1. The standard InChI is InChI=1S/C9H18N2O2/c1-7(9(13)10-2)11-5-3-4-8(11)6-12/h7-8,12H,3-6H2,1-2H3,(H,10,13). The summed E-state index contributed by atoms with van der Waals surface area (Å²) in [4.78, 5) is 13.4. The molecule has 1 saturated heterocycles. The molecule has 1 fully saturated rings. The molecule has 0 aromatic rings. The van der Waals surface area contributed by atoms with Crippen molar-refractivity contribution in [2.45, 2.75) is 31.8 Å². The van der Waals surface area contributed by atoms with Gasteiger partial charge in [0.25, 0.3) is 0 Å². The van der Waals surface area contributed by atoms with E-state index in [1.54, 1.807) is 7.05 Å². The number of amides is 1. The number of likely N-dealkylation sites (tertiary alicyclic amines) is 1. The first-order valence-corrected chi connectivity index (χ1v) is 4.79. The van der Waals surface area contributed by atoms with Gasteiger partial charge in [-0.05, 0) is 26.3 Å². The molecule has 4 heteroatoms. The van der Waals surface area contributed by atoms with Gasteiger partial charge in [-0.2, -0.15) is 0 Å². The third-order valence-corrected chi connectivity index (χ3v) is 2.76. The van der Waals surface area contributed by atoms with Crippen LogP contribution < -0.4 is 5.32 Å². The van der Waals surface area contributed by atoms with E-state index in [-0.39, 0.29) is 24.6 Å². The third-order valence-electron chi connectivity index (χ3n) is 2.76. The average Bonchev–Trinajstić information content (AvgIpc) is 2.62. The Morgan fingerprint density at radius 3 is 3.00 bits per heavy atom. The van der Waals surface area contributed by atoms with E-state index in [9.17, 15) is 4.79 Å². The van der Waals surface area contributed by atoms with Gasteiger partial charge in [0.2, 0.25) is 5.91 Å². The molecule has 1 aliphatic rings. The Kier molecular flexibility index (Phi) is 3.69. The third kappa shape index (κ3) is 2.19. The highest BCUT2D eigenvalue weighted by Crippen LogP contribution is 2.19. The number of aliphatic hydroxyl groups excluding tert-OH is 1. The Morgan fingerprint density at radius 1 is 1.77 bits per heavy atom. The highest BCUT2D eigenvalue weighted by atomic mass is 16.3. The molecule has 2 unspecified atom stereocenters. The Labute approximate surface area is 78.9 Å². The zero-order valence-corrected chi connectivity index (χ0v) is 8.29. The van der Waals surface area contributed by atoms with Crippen molar-refractivity contribution < 1.29 is 9.90 Å². The summed E-state index contributed by atoms with van der Waals surface area (Å²) < 4.78 is 0.